The fourth-order valence-electron chi connectivity index (χ4n) is 1.75. The maximum atomic E-state index is 13.6. The SMILES string of the molecule is NCc1ccc(F)c(CSCc2ccccc2Cl)c1. The highest BCUT2D eigenvalue weighted by molar-refractivity contribution is 7.97. The van der Waals surface area contributed by atoms with Crippen molar-refractivity contribution >= 4 is 23.4 Å². The van der Waals surface area contributed by atoms with E-state index in [4.69, 9.17) is 17.3 Å². The highest BCUT2D eigenvalue weighted by atomic mass is 35.5. The van der Waals surface area contributed by atoms with E-state index in [9.17, 15) is 4.39 Å². The Morgan fingerprint density at radius 2 is 1.79 bits per heavy atom. The molecule has 0 aliphatic carbocycles. The molecule has 19 heavy (non-hydrogen) atoms. The van der Waals surface area contributed by atoms with Crippen LogP contribution < -0.4 is 5.73 Å². The van der Waals surface area contributed by atoms with E-state index in [1.165, 1.54) is 6.07 Å². The van der Waals surface area contributed by atoms with E-state index in [1.54, 1.807) is 17.8 Å². The molecule has 1 nitrogen and oxygen atoms in total. The number of benzene rings is 2. The van der Waals surface area contributed by atoms with Crippen LogP contribution in [0.25, 0.3) is 0 Å². The smallest absolute Gasteiger partial charge is 0.127 e. The van der Waals surface area contributed by atoms with Crippen molar-refractivity contribution in [1.82, 2.24) is 0 Å². The van der Waals surface area contributed by atoms with E-state index in [1.807, 2.05) is 30.3 Å². The molecular weight excluding hydrogens is 281 g/mol. The van der Waals surface area contributed by atoms with E-state index < -0.39 is 0 Å². The standard InChI is InChI=1S/C15H15ClFNS/c16-14-4-2-1-3-12(14)9-19-10-13-7-11(8-18)5-6-15(13)17/h1-7H,8-10,18H2. The van der Waals surface area contributed by atoms with Crippen LogP contribution in [0.15, 0.2) is 42.5 Å². The lowest BCUT2D eigenvalue weighted by atomic mass is 10.1. The molecule has 0 aromatic heterocycles. The summed E-state index contributed by atoms with van der Waals surface area (Å²) in [5, 5.41) is 0.756. The predicted molar refractivity (Wildman–Crippen MR) is 80.7 cm³/mol. The topological polar surface area (TPSA) is 26.0 Å². The van der Waals surface area contributed by atoms with Crippen molar-refractivity contribution < 1.29 is 4.39 Å². The van der Waals surface area contributed by atoms with Gasteiger partial charge in [0.1, 0.15) is 5.82 Å². The summed E-state index contributed by atoms with van der Waals surface area (Å²) in [6.07, 6.45) is 0. The Bertz CT molecular complexity index is 560. The molecule has 0 heterocycles. The number of nitrogens with two attached hydrogens (primary N) is 1. The lowest BCUT2D eigenvalue weighted by Gasteiger charge is -2.07. The number of halogens is 2. The molecule has 4 heteroatoms. The summed E-state index contributed by atoms with van der Waals surface area (Å²) in [4.78, 5) is 0. The van der Waals surface area contributed by atoms with Crippen molar-refractivity contribution in [3.8, 4) is 0 Å². The van der Waals surface area contributed by atoms with Gasteiger partial charge >= 0.3 is 0 Å². The monoisotopic (exact) mass is 295 g/mol. The van der Waals surface area contributed by atoms with Crippen LogP contribution in [0.4, 0.5) is 4.39 Å². The highest BCUT2D eigenvalue weighted by Gasteiger charge is 2.05. The summed E-state index contributed by atoms with van der Waals surface area (Å²) >= 11 is 7.72. The average Bonchev–Trinajstić information content (AvgIpc) is 2.43. The summed E-state index contributed by atoms with van der Waals surface area (Å²) in [6, 6.07) is 12.7. The summed E-state index contributed by atoms with van der Waals surface area (Å²) in [7, 11) is 0. The number of hydrogen-bond donors (Lipinski definition) is 1. The van der Waals surface area contributed by atoms with Crippen LogP contribution in [0.2, 0.25) is 5.02 Å². The molecular formula is C15H15ClFNS. The maximum absolute atomic E-state index is 13.6. The third-order valence-electron chi connectivity index (χ3n) is 2.82. The van der Waals surface area contributed by atoms with Gasteiger partial charge in [0.25, 0.3) is 0 Å². The lowest BCUT2D eigenvalue weighted by molar-refractivity contribution is 0.616. The van der Waals surface area contributed by atoms with Gasteiger partial charge in [-0.2, -0.15) is 11.8 Å². The Morgan fingerprint density at radius 1 is 1.05 bits per heavy atom. The van der Waals surface area contributed by atoms with Crippen molar-refractivity contribution in [2.24, 2.45) is 5.73 Å². The third kappa shape index (κ3) is 3.96. The van der Waals surface area contributed by atoms with Gasteiger partial charge in [0.05, 0.1) is 0 Å². The zero-order valence-electron chi connectivity index (χ0n) is 10.4. The Balaban J connectivity index is 1.98. The van der Waals surface area contributed by atoms with E-state index in [2.05, 4.69) is 0 Å². The Kier molecular flexibility index (Phi) is 5.25. The molecule has 100 valence electrons. The van der Waals surface area contributed by atoms with Crippen molar-refractivity contribution in [2.75, 3.05) is 0 Å². The lowest BCUT2D eigenvalue weighted by Crippen LogP contribution is -1.98. The first kappa shape index (κ1) is 14.4. The molecule has 0 saturated carbocycles. The number of thioether (sulfide) groups is 1. The zero-order valence-corrected chi connectivity index (χ0v) is 12.0. The van der Waals surface area contributed by atoms with Crippen molar-refractivity contribution in [2.45, 2.75) is 18.1 Å². The normalized spacial score (nSPS) is 10.7. The van der Waals surface area contributed by atoms with Crippen molar-refractivity contribution in [1.29, 1.82) is 0 Å². The molecule has 2 aromatic rings. The molecule has 0 bridgehead atoms. The number of rotatable bonds is 5. The summed E-state index contributed by atoms with van der Waals surface area (Å²) in [5.74, 6) is 1.21. The highest BCUT2D eigenvalue weighted by Crippen LogP contribution is 2.24. The van der Waals surface area contributed by atoms with Crippen LogP contribution in [0.5, 0.6) is 0 Å². The van der Waals surface area contributed by atoms with Crippen LogP contribution in [-0.4, -0.2) is 0 Å². The molecule has 2 rings (SSSR count). The minimum atomic E-state index is -0.177. The molecule has 2 N–H and O–H groups in total. The second kappa shape index (κ2) is 6.94. The predicted octanol–water partition coefficient (Wildman–Crippen LogP) is 4.37. The van der Waals surface area contributed by atoms with Gasteiger partial charge in [0.2, 0.25) is 0 Å². The largest absolute Gasteiger partial charge is 0.326 e. The van der Waals surface area contributed by atoms with Gasteiger partial charge < -0.3 is 5.73 Å². The summed E-state index contributed by atoms with van der Waals surface area (Å²) in [6.45, 7) is 0.433. The van der Waals surface area contributed by atoms with Crippen LogP contribution in [-0.2, 0) is 18.1 Å². The van der Waals surface area contributed by atoms with Gasteiger partial charge in [0, 0.05) is 23.1 Å². The molecule has 0 fully saturated rings. The van der Waals surface area contributed by atoms with E-state index in [-0.39, 0.29) is 5.82 Å². The zero-order chi connectivity index (χ0) is 13.7. The van der Waals surface area contributed by atoms with Crippen LogP contribution in [0, 0.1) is 5.82 Å². The third-order valence-corrected chi connectivity index (χ3v) is 4.22. The quantitative estimate of drug-likeness (QED) is 0.886. The van der Waals surface area contributed by atoms with Gasteiger partial charge in [-0.25, -0.2) is 4.39 Å². The van der Waals surface area contributed by atoms with Crippen LogP contribution in [0.1, 0.15) is 16.7 Å². The van der Waals surface area contributed by atoms with Crippen LogP contribution >= 0.6 is 23.4 Å². The Hall–Kier alpha value is -1.03. The second-order valence-corrected chi connectivity index (χ2v) is 5.61. The summed E-state index contributed by atoms with van der Waals surface area (Å²) < 4.78 is 13.6. The van der Waals surface area contributed by atoms with E-state index in [0.717, 1.165) is 21.9 Å². The minimum Gasteiger partial charge on any atom is -0.326 e. The first-order valence-corrected chi connectivity index (χ1v) is 7.52. The summed E-state index contributed by atoms with van der Waals surface area (Å²) in [5.41, 5.74) is 8.28. The Labute approximate surface area is 122 Å². The molecule has 0 saturated heterocycles. The maximum Gasteiger partial charge on any atom is 0.127 e. The van der Waals surface area contributed by atoms with Gasteiger partial charge in [-0.15, -0.1) is 0 Å². The fourth-order valence-corrected chi connectivity index (χ4v) is 3.05. The minimum absolute atomic E-state index is 0.177. The van der Waals surface area contributed by atoms with Gasteiger partial charge in [0.15, 0.2) is 0 Å². The Morgan fingerprint density at radius 3 is 2.53 bits per heavy atom. The second-order valence-electron chi connectivity index (χ2n) is 4.21. The molecule has 2 aromatic carbocycles. The number of hydrogen-bond acceptors (Lipinski definition) is 2. The van der Waals surface area contributed by atoms with Gasteiger partial charge in [-0.1, -0.05) is 41.9 Å². The van der Waals surface area contributed by atoms with E-state index in [0.29, 0.717) is 17.9 Å². The van der Waals surface area contributed by atoms with Crippen molar-refractivity contribution in [3.05, 3.63) is 70.0 Å². The molecule has 0 aliphatic rings. The molecule has 0 atom stereocenters. The van der Waals surface area contributed by atoms with Crippen molar-refractivity contribution in [3.63, 3.8) is 0 Å². The first-order chi connectivity index (χ1) is 9.20. The molecule has 0 aliphatic heterocycles. The first-order valence-electron chi connectivity index (χ1n) is 5.99. The van der Waals surface area contributed by atoms with Crippen LogP contribution in [0.3, 0.4) is 0 Å². The van der Waals surface area contributed by atoms with E-state index >= 15 is 0 Å². The van der Waals surface area contributed by atoms with Gasteiger partial charge in [-0.3, -0.25) is 0 Å². The molecule has 0 radical (unpaired) electrons. The molecule has 0 unspecified atom stereocenters. The molecule has 0 spiro atoms. The average molecular weight is 296 g/mol. The molecule has 0 amide bonds. The van der Waals surface area contributed by atoms with Gasteiger partial charge in [-0.05, 0) is 28.8 Å². The fraction of sp³-hybridized carbons (Fsp3) is 0.200.